The summed E-state index contributed by atoms with van der Waals surface area (Å²) in [5.74, 6) is -1.37. The molecule has 134 valence electrons. The van der Waals surface area contributed by atoms with E-state index in [1.807, 2.05) is 18.2 Å². The lowest BCUT2D eigenvalue weighted by Crippen LogP contribution is -2.29. The fourth-order valence-electron chi connectivity index (χ4n) is 3.58. The SMILES string of the molecule is COCCn1c(C)c(C)c2cc(C(=O)N3CCC(C(=O)O)C3)ccc21. The first-order valence-electron chi connectivity index (χ1n) is 8.54. The van der Waals surface area contributed by atoms with Gasteiger partial charge in [-0.15, -0.1) is 0 Å². The Balaban J connectivity index is 1.90. The standard InChI is InChI=1S/C19H24N2O4/c1-12-13(2)21(8-9-25-3)17-5-4-14(10-16(12)17)18(22)20-7-6-15(11-20)19(23)24/h4-5,10,15H,6-9,11H2,1-3H3,(H,23,24). The largest absolute Gasteiger partial charge is 0.481 e. The van der Waals surface area contributed by atoms with Gasteiger partial charge in [0.1, 0.15) is 0 Å². The summed E-state index contributed by atoms with van der Waals surface area (Å²) in [5.41, 5.74) is 4.04. The number of nitrogens with zero attached hydrogens (tertiary/aromatic N) is 2. The van der Waals surface area contributed by atoms with Crippen LogP contribution in [0.15, 0.2) is 18.2 Å². The Kier molecular flexibility index (Phi) is 4.81. The van der Waals surface area contributed by atoms with Gasteiger partial charge in [-0.05, 0) is 44.0 Å². The minimum absolute atomic E-state index is 0.0904. The van der Waals surface area contributed by atoms with Crippen LogP contribution in [0.5, 0.6) is 0 Å². The maximum Gasteiger partial charge on any atom is 0.308 e. The molecule has 1 aromatic carbocycles. The van der Waals surface area contributed by atoms with Crippen molar-refractivity contribution in [2.24, 2.45) is 5.92 Å². The molecule has 2 heterocycles. The highest BCUT2D eigenvalue weighted by atomic mass is 16.5. The van der Waals surface area contributed by atoms with Gasteiger partial charge in [0.05, 0.1) is 12.5 Å². The number of carboxylic acid groups (broad SMARTS) is 1. The van der Waals surface area contributed by atoms with Crippen molar-refractivity contribution in [3.8, 4) is 0 Å². The molecule has 1 N–H and O–H groups in total. The number of amides is 1. The van der Waals surface area contributed by atoms with Gasteiger partial charge in [-0.1, -0.05) is 0 Å². The molecular formula is C19H24N2O4. The summed E-state index contributed by atoms with van der Waals surface area (Å²) in [6.45, 7) is 6.33. The zero-order valence-electron chi connectivity index (χ0n) is 14.9. The number of ether oxygens (including phenoxy) is 1. The lowest BCUT2D eigenvalue weighted by Gasteiger charge is -2.16. The molecule has 6 nitrogen and oxygen atoms in total. The second-order valence-electron chi connectivity index (χ2n) is 6.66. The Morgan fingerprint density at radius 1 is 1.32 bits per heavy atom. The molecule has 25 heavy (non-hydrogen) atoms. The lowest BCUT2D eigenvalue weighted by atomic mass is 10.1. The van der Waals surface area contributed by atoms with E-state index in [1.165, 1.54) is 5.69 Å². The molecule has 1 saturated heterocycles. The lowest BCUT2D eigenvalue weighted by molar-refractivity contribution is -0.141. The Morgan fingerprint density at radius 3 is 2.72 bits per heavy atom. The van der Waals surface area contributed by atoms with Crippen molar-refractivity contribution in [3.05, 3.63) is 35.0 Å². The quantitative estimate of drug-likeness (QED) is 0.904. The van der Waals surface area contributed by atoms with Crippen LogP contribution >= 0.6 is 0 Å². The first-order valence-corrected chi connectivity index (χ1v) is 8.54. The fraction of sp³-hybridized carbons (Fsp3) is 0.474. The zero-order chi connectivity index (χ0) is 18.1. The van der Waals surface area contributed by atoms with Crippen LogP contribution in [0.4, 0.5) is 0 Å². The van der Waals surface area contributed by atoms with E-state index < -0.39 is 11.9 Å². The van der Waals surface area contributed by atoms with Crippen molar-refractivity contribution in [1.82, 2.24) is 9.47 Å². The summed E-state index contributed by atoms with van der Waals surface area (Å²) in [5, 5.41) is 10.2. The molecule has 1 amide bonds. The number of methoxy groups -OCH3 is 1. The molecule has 1 unspecified atom stereocenters. The number of carboxylic acids is 1. The van der Waals surface area contributed by atoms with E-state index in [-0.39, 0.29) is 5.91 Å². The fourth-order valence-corrected chi connectivity index (χ4v) is 3.58. The molecule has 1 atom stereocenters. The number of hydrogen-bond donors (Lipinski definition) is 1. The van der Waals surface area contributed by atoms with Crippen LogP contribution in [-0.4, -0.2) is 53.3 Å². The smallest absolute Gasteiger partial charge is 0.308 e. The third-order valence-corrected chi connectivity index (χ3v) is 5.23. The minimum Gasteiger partial charge on any atom is -0.481 e. The highest BCUT2D eigenvalue weighted by Gasteiger charge is 2.31. The third kappa shape index (κ3) is 3.14. The Hall–Kier alpha value is -2.34. The maximum atomic E-state index is 12.7. The Labute approximate surface area is 147 Å². The molecule has 2 aromatic rings. The van der Waals surface area contributed by atoms with Crippen molar-refractivity contribution in [3.63, 3.8) is 0 Å². The van der Waals surface area contributed by atoms with Crippen LogP contribution in [-0.2, 0) is 16.1 Å². The predicted molar refractivity (Wildman–Crippen MR) is 94.9 cm³/mol. The van der Waals surface area contributed by atoms with Crippen LogP contribution in [0.2, 0.25) is 0 Å². The van der Waals surface area contributed by atoms with E-state index in [9.17, 15) is 9.59 Å². The van der Waals surface area contributed by atoms with Crippen LogP contribution in [0.3, 0.4) is 0 Å². The van der Waals surface area contributed by atoms with Crippen LogP contribution in [0, 0.1) is 19.8 Å². The average molecular weight is 344 g/mol. The van der Waals surface area contributed by atoms with Gasteiger partial charge in [-0.2, -0.15) is 0 Å². The second kappa shape index (κ2) is 6.88. The maximum absolute atomic E-state index is 12.7. The molecule has 0 bridgehead atoms. The zero-order valence-corrected chi connectivity index (χ0v) is 14.9. The van der Waals surface area contributed by atoms with Crippen molar-refractivity contribution in [1.29, 1.82) is 0 Å². The Morgan fingerprint density at radius 2 is 2.08 bits per heavy atom. The van der Waals surface area contributed by atoms with Gasteiger partial charge < -0.3 is 19.3 Å². The van der Waals surface area contributed by atoms with E-state index >= 15 is 0 Å². The molecule has 0 aliphatic carbocycles. The highest BCUT2D eigenvalue weighted by molar-refractivity contribution is 5.99. The molecule has 0 saturated carbocycles. The molecule has 3 rings (SSSR count). The number of aliphatic carboxylic acids is 1. The number of fused-ring (bicyclic) bond motifs is 1. The molecule has 0 radical (unpaired) electrons. The van der Waals surface area contributed by atoms with Gasteiger partial charge in [-0.25, -0.2) is 0 Å². The molecule has 1 fully saturated rings. The number of aromatic nitrogens is 1. The van der Waals surface area contributed by atoms with Crippen molar-refractivity contribution in [2.75, 3.05) is 26.8 Å². The van der Waals surface area contributed by atoms with Crippen molar-refractivity contribution < 1.29 is 19.4 Å². The highest BCUT2D eigenvalue weighted by Crippen LogP contribution is 2.27. The second-order valence-corrected chi connectivity index (χ2v) is 6.66. The first kappa shape index (κ1) is 17.5. The molecule has 6 heteroatoms. The van der Waals surface area contributed by atoms with Gasteiger partial charge in [0.25, 0.3) is 5.91 Å². The number of aryl methyl sites for hydroxylation is 1. The summed E-state index contributed by atoms with van der Waals surface area (Å²) in [6.07, 6.45) is 0.523. The van der Waals surface area contributed by atoms with E-state index in [2.05, 4.69) is 18.4 Å². The summed E-state index contributed by atoms with van der Waals surface area (Å²) in [7, 11) is 1.69. The van der Waals surface area contributed by atoms with Gasteiger partial charge in [-0.3, -0.25) is 9.59 Å². The minimum atomic E-state index is -0.826. The van der Waals surface area contributed by atoms with Gasteiger partial charge >= 0.3 is 5.97 Å². The Bertz CT molecular complexity index is 824. The number of benzene rings is 1. The molecule has 0 spiro atoms. The van der Waals surface area contributed by atoms with E-state index in [0.717, 1.165) is 23.0 Å². The summed E-state index contributed by atoms with van der Waals surface area (Å²) < 4.78 is 7.40. The third-order valence-electron chi connectivity index (χ3n) is 5.23. The topological polar surface area (TPSA) is 71.8 Å². The normalized spacial score (nSPS) is 17.4. The van der Waals surface area contributed by atoms with Gasteiger partial charge in [0.2, 0.25) is 0 Å². The summed E-state index contributed by atoms with van der Waals surface area (Å²) >= 11 is 0. The first-order chi connectivity index (χ1) is 11.9. The summed E-state index contributed by atoms with van der Waals surface area (Å²) in [6, 6.07) is 5.74. The van der Waals surface area contributed by atoms with E-state index in [1.54, 1.807) is 12.0 Å². The van der Waals surface area contributed by atoms with Crippen molar-refractivity contribution in [2.45, 2.75) is 26.8 Å². The van der Waals surface area contributed by atoms with Crippen molar-refractivity contribution >= 4 is 22.8 Å². The molecule has 1 aliphatic rings. The van der Waals surface area contributed by atoms with Crippen LogP contribution in [0.1, 0.15) is 28.0 Å². The number of carbonyl (C=O) groups excluding carboxylic acids is 1. The van der Waals surface area contributed by atoms with E-state index in [4.69, 9.17) is 9.84 Å². The summed E-state index contributed by atoms with van der Waals surface area (Å²) in [4.78, 5) is 25.5. The number of likely N-dealkylation sites (tertiary alicyclic amines) is 1. The number of carbonyl (C=O) groups is 2. The molecule has 1 aliphatic heterocycles. The van der Waals surface area contributed by atoms with Gasteiger partial charge in [0.15, 0.2) is 0 Å². The van der Waals surface area contributed by atoms with Gasteiger partial charge in [0, 0.05) is 48.9 Å². The molecule has 1 aromatic heterocycles. The average Bonchev–Trinajstić information content (AvgIpc) is 3.18. The molecular weight excluding hydrogens is 320 g/mol. The number of rotatable bonds is 5. The van der Waals surface area contributed by atoms with Crippen LogP contribution in [0.25, 0.3) is 10.9 Å². The van der Waals surface area contributed by atoms with E-state index in [0.29, 0.717) is 31.7 Å². The monoisotopic (exact) mass is 344 g/mol. The van der Waals surface area contributed by atoms with Crippen LogP contribution < -0.4 is 0 Å². The predicted octanol–water partition coefficient (Wildman–Crippen LogP) is 2.45. The number of hydrogen-bond acceptors (Lipinski definition) is 3.